The van der Waals surface area contributed by atoms with Gasteiger partial charge in [0.15, 0.2) is 0 Å². The lowest BCUT2D eigenvalue weighted by atomic mass is 9.97. The quantitative estimate of drug-likeness (QED) is 0.670. The third-order valence-electron chi connectivity index (χ3n) is 3.36. The highest BCUT2D eigenvalue weighted by Crippen LogP contribution is 2.20. The standard InChI is InChI=1S/C14H27NO2/c1-4-17-14(16)11-13(10-12(2)3)15-8-6-5-7-9-15/h12-13H,4-11H2,1-3H3. The highest BCUT2D eigenvalue weighted by molar-refractivity contribution is 5.70. The lowest BCUT2D eigenvalue weighted by molar-refractivity contribution is -0.144. The molecule has 0 amide bonds. The van der Waals surface area contributed by atoms with Crippen LogP contribution in [0, 0.1) is 5.92 Å². The molecule has 1 aliphatic heterocycles. The van der Waals surface area contributed by atoms with Crippen molar-refractivity contribution in [2.24, 2.45) is 5.92 Å². The molecule has 1 unspecified atom stereocenters. The summed E-state index contributed by atoms with van der Waals surface area (Å²) in [5.74, 6) is 0.597. The summed E-state index contributed by atoms with van der Waals surface area (Å²) in [6.45, 7) is 9.11. The molecule has 17 heavy (non-hydrogen) atoms. The Balaban J connectivity index is 2.49. The van der Waals surface area contributed by atoms with Gasteiger partial charge < -0.3 is 4.74 Å². The predicted octanol–water partition coefficient (Wildman–Crippen LogP) is 2.84. The van der Waals surface area contributed by atoms with E-state index in [1.54, 1.807) is 0 Å². The largest absolute Gasteiger partial charge is 0.466 e. The van der Waals surface area contributed by atoms with Gasteiger partial charge in [0.1, 0.15) is 0 Å². The van der Waals surface area contributed by atoms with Gasteiger partial charge in [-0.15, -0.1) is 0 Å². The summed E-state index contributed by atoms with van der Waals surface area (Å²) in [5, 5.41) is 0. The second-order valence-electron chi connectivity index (χ2n) is 5.39. The van der Waals surface area contributed by atoms with Crippen molar-refractivity contribution in [3.63, 3.8) is 0 Å². The zero-order valence-electron chi connectivity index (χ0n) is 11.6. The van der Waals surface area contributed by atoms with Crippen LogP contribution in [0.4, 0.5) is 0 Å². The second kappa shape index (κ2) is 7.70. The number of piperidine rings is 1. The van der Waals surface area contributed by atoms with Crippen LogP contribution in [0.2, 0.25) is 0 Å². The third kappa shape index (κ3) is 5.53. The number of nitrogens with zero attached hydrogens (tertiary/aromatic N) is 1. The number of hydrogen-bond acceptors (Lipinski definition) is 3. The minimum atomic E-state index is -0.0382. The molecule has 1 heterocycles. The molecule has 0 radical (unpaired) electrons. The molecule has 3 nitrogen and oxygen atoms in total. The van der Waals surface area contributed by atoms with E-state index in [1.807, 2.05) is 6.92 Å². The molecule has 1 aliphatic rings. The maximum Gasteiger partial charge on any atom is 0.307 e. The minimum Gasteiger partial charge on any atom is -0.466 e. The summed E-state index contributed by atoms with van der Waals surface area (Å²) in [6.07, 6.45) is 5.55. The van der Waals surface area contributed by atoms with Crippen LogP contribution in [-0.4, -0.2) is 36.6 Å². The summed E-state index contributed by atoms with van der Waals surface area (Å²) < 4.78 is 5.08. The number of ether oxygens (including phenoxy) is 1. The predicted molar refractivity (Wildman–Crippen MR) is 69.9 cm³/mol. The molecule has 0 aliphatic carbocycles. The molecule has 0 aromatic rings. The van der Waals surface area contributed by atoms with Gasteiger partial charge in [-0.3, -0.25) is 9.69 Å². The molecule has 0 bridgehead atoms. The van der Waals surface area contributed by atoms with Gasteiger partial charge in [-0.2, -0.15) is 0 Å². The van der Waals surface area contributed by atoms with Gasteiger partial charge >= 0.3 is 5.97 Å². The number of carbonyl (C=O) groups is 1. The molecule has 3 heteroatoms. The number of esters is 1. The maximum atomic E-state index is 11.6. The van der Waals surface area contributed by atoms with Gasteiger partial charge in [-0.05, 0) is 45.2 Å². The molecule has 1 fully saturated rings. The van der Waals surface area contributed by atoms with Crippen molar-refractivity contribution in [1.82, 2.24) is 4.90 Å². The summed E-state index contributed by atoms with van der Waals surface area (Å²) in [6, 6.07) is 0.384. The molecule has 0 aromatic carbocycles. The maximum absolute atomic E-state index is 11.6. The number of hydrogen-bond donors (Lipinski definition) is 0. The average Bonchev–Trinajstić information content (AvgIpc) is 2.29. The fourth-order valence-electron chi connectivity index (χ4n) is 2.60. The van der Waals surface area contributed by atoms with Crippen molar-refractivity contribution in [2.45, 2.75) is 58.9 Å². The molecule has 0 aromatic heterocycles. The molecule has 1 rings (SSSR count). The van der Waals surface area contributed by atoms with Crippen LogP contribution in [0.5, 0.6) is 0 Å². The fourth-order valence-corrected chi connectivity index (χ4v) is 2.60. The van der Waals surface area contributed by atoms with E-state index in [9.17, 15) is 4.79 Å². The van der Waals surface area contributed by atoms with Crippen molar-refractivity contribution in [3.8, 4) is 0 Å². The lowest BCUT2D eigenvalue weighted by Gasteiger charge is -2.35. The summed E-state index contributed by atoms with van der Waals surface area (Å²) in [7, 11) is 0. The van der Waals surface area contributed by atoms with Gasteiger partial charge in [0.05, 0.1) is 13.0 Å². The summed E-state index contributed by atoms with van der Waals surface area (Å²) in [4.78, 5) is 14.1. The smallest absolute Gasteiger partial charge is 0.307 e. The molecule has 100 valence electrons. The van der Waals surface area contributed by atoms with E-state index >= 15 is 0 Å². The molecular weight excluding hydrogens is 214 g/mol. The van der Waals surface area contributed by atoms with Crippen LogP contribution in [0.15, 0.2) is 0 Å². The Bertz CT molecular complexity index is 222. The molecule has 0 N–H and O–H groups in total. The number of carbonyl (C=O) groups excluding carboxylic acids is 1. The first kappa shape index (κ1) is 14.5. The monoisotopic (exact) mass is 241 g/mol. The average molecular weight is 241 g/mol. The van der Waals surface area contributed by atoms with Crippen LogP contribution in [0.3, 0.4) is 0 Å². The van der Waals surface area contributed by atoms with Gasteiger partial charge in [0, 0.05) is 6.04 Å². The SMILES string of the molecule is CCOC(=O)CC(CC(C)C)N1CCCCC1. The first-order valence-corrected chi connectivity index (χ1v) is 7.03. The van der Waals surface area contributed by atoms with Crippen molar-refractivity contribution in [2.75, 3.05) is 19.7 Å². The highest BCUT2D eigenvalue weighted by atomic mass is 16.5. The molecule has 1 saturated heterocycles. The zero-order chi connectivity index (χ0) is 12.7. The molecule has 1 atom stereocenters. The van der Waals surface area contributed by atoms with E-state index in [4.69, 9.17) is 4.74 Å². The normalized spacial score (nSPS) is 19.3. The fraction of sp³-hybridized carbons (Fsp3) is 0.929. The van der Waals surface area contributed by atoms with E-state index in [1.165, 1.54) is 19.3 Å². The molecule has 0 spiro atoms. The van der Waals surface area contributed by atoms with E-state index in [-0.39, 0.29) is 5.97 Å². The Morgan fingerprint density at radius 2 is 1.88 bits per heavy atom. The number of likely N-dealkylation sites (tertiary alicyclic amines) is 1. The first-order valence-electron chi connectivity index (χ1n) is 7.03. The first-order chi connectivity index (χ1) is 8.13. The molecule has 0 saturated carbocycles. The Hall–Kier alpha value is -0.570. The highest BCUT2D eigenvalue weighted by Gasteiger charge is 2.24. The van der Waals surface area contributed by atoms with E-state index in [0.717, 1.165) is 19.5 Å². The van der Waals surface area contributed by atoms with E-state index < -0.39 is 0 Å². The Labute approximate surface area is 106 Å². The number of rotatable bonds is 6. The van der Waals surface area contributed by atoms with Crippen LogP contribution >= 0.6 is 0 Å². The Kier molecular flexibility index (Phi) is 6.56. The van der Waals surface area contributed by atoms with E-state index in [2.05, 4.69) is 18.7 Å². The minimum absolute atomic E-state index is 0.0382. The Morgan fingerprint density at radius 3 is 2.41 bits per heavy atom. The van der Waals surface area contributed by atoms with Crippen LogP contribution in [0.1, 0.15) is 52.9 Å². The molecular formula is C14H27NO2. The third-order valence-corrected chi connectivity index (χ3v) is 3.36. The van der Waals surface area contributed by atoms with Gasteiger partial charge in [0.25, 0.3) is 0 Å². The van der Waals surface area contributed by atoms with Gasteiger partial charge in [-0.25, -0.2) is 0 Å². The topological polar surface area (TPSA) is 29.5 Å². The van der Waals surface area contributed by atoms with Crippen LogP contribution in [-0.2, 0) is 9.53 Å². The van der Waals surface area contributed by atoms with Gasteiger partial charge in [0.2, 0.25) is 0 Å². The van der Waals surface area contributed by atoms with E-state index in [0.29, 0.717) is 25.0 Å². The van der Waals surface area contributed by atoms with Crippen molar-refractivity contribution >= 4 is 5.97 Å². The zero-order valence-corrected chi connectivity index (χ0v) is 11.6. The lowest BCUT2D eigenvalue weighted by Crippen LogP contribution is -2.41. The van der Waals surface area contributed by atoms with Crippen molar-refractivity contribution < 1.29 is 9.53 Å². The van der Waals surface area contributed by atoms with Gasteiger partial charge in [-0.1, -0.05) is 20.3 Å². The van der Waals surface area contributed by atoms with Crippen LogP contribution < -0.4 is 0 Å². The van der Waals surface area contributed by atoms with Crippen LogP contribution in [0.25, 0.3) is 0 Å². The second-order valence-corrected chi connectivity index (χ2v) is 5.39. The summed E-state index contributed by atoms with van der Waals surface area (Å²) in [5.41, 5.74) is 0. The van der Waals surface area contributed by atoms with Crippen molar-refractivity contribution in [1.29, 1.82) is 0 Å². The Morgan fingerprint density at radius 1 is 1.24 bits per heavy atom. The summed E-state index contributed by atoms with van der Waals surface area (Å²) >= 11 is 0. The van der Waals surface area contributed by atoms with Crippen molar-refractivity contribution in [3.05, 3.63) is 0 Å².